The Kier molecular flexibility index (Phi) is 3.04. The van der Waals surface area contributed by atoms with Crippen molar-refractivity contribution in [3.8, 4) is 0 Å². The lowest BCUT2D eigenvalue weighted by molar-refractivity contribution is 0.751. The predicted molar refractivity (Wildman–Crippen MR) is 70.9 cm³/mol. The van der Waals surface area contributed by atoms with Crippen LogP contribution < -0.4 is 10.6 Å². The van der Waals surface area contributed by atoms with Gasteiger partial charge in [0, 0.05) is 26.8 Å². The van der Waals surface area contributed by atoms with E-state index in [0.29, 0.717) is 5.69 Å². The number of hydrogen-bond acceptors (Lipinski definition) is 3. The van der Waals surface area contributed by atoms with E-state index in [1.165, 1.54) is 11.1 Å². The minimum Gasteiger partial charge on any atom is -0.394 e. The molecule has 2 N–H and O–H groups in total. The molecule has 0 aliphatic heterocycles. The van der Waals surface area contributed by atoms with Gasteiger partial charge in [-0.2, -0.15) is 5.10 Å². The van der Waals surface area contributed by atoms with Crippen molar-refractivity contribution >= 4 is 11.5 Å². The summed E-state index contributed by atoms with van der Waals surface area (Å²) in [7, 11) is 3.88. The SMILES string of the molecule is Cc1ccccc1CN(C)c1nn(C)cc1N. The summed E-state index contributed by atoms with van der Waals surface area (Å²) in [5.41, 5.74) is 9.20. The van der Waals surface area contributed by atoms with Gasteiger partial charge in [-0.3, -0.25) is 4.68 Å². The molecule has 2 aromatic rings. The lowest BCUT2D eigenvalue weighted by Crippen LogP contribution is -2.18. The number of benzene rings is 1. The Bertz CT molecular complexity index is 516. The highest BCUT2D eigenvalue weighted by Gasteiger charge is 2.10. The van der Waals surface area contributed by atoms with Crippen LogP contribution in [-0.4, -0.2) is 16.8 Å². The van der Waals surface area contributed by atoms with Gasteiger partial charge in [0.05, 0.1) is 5.69 Å². The molecule has 0 atom stereocenters. The summed E-state index contributed by atoms with van der Waals surface area (Å²) in [6.45, 7) is 2.93. The minimum atomic E-state index is 0.712. The fraction of sp³-hybridized carbons (Fsp3) is 0.308. The molecule has 0 fully saturated rings. The number of hydrogen-bond donors (Lipinski definition) is 1. The smallest absolute Gasteiger partial charge is 0.173 e. The number of rotatable bonds is 3. The predicted octanol–water partition coefficient (Wildman–Crippen LogP) is 1.95. The molecule has 4 nitrogen and oxygen atoms in total. The lowest BCUT2D eigenvalue weighted by atomic mass is 10.1. The van der Waals surface area contributed by atoms with Crippen molar-refractivity contribution in [2.75, 3.05) is 17.7 Å². The summed E-state index contributed by atoms with van der Waals surface area (Å²) in [5, 5.41) is 4.35. The molecule has 0 saturated carbocycles. The third-order valence-electron chi connectivity index (χ3n) is 2.87. The van der Waals surface area contributed by atoms with E-state index in [1.54, 1.807) is 4.68 Å². The quantitative estimate of drug-likeness (QED) is 0.876. The van der Waals surface area contributed by atoms with Crippen molar-refractivity contribution in [1.82, 2.24) is 9.78 Å². The lowest BCUT2D eigenvalue weighted by Gasteiger charge is -2.18. The van der Waals surface area contributed by atoms with Crippen LogP contribution in [0.15, 0.2) is 30.5 Å². The Hall–Kier alpha value is -1.97. The number of nitrogen functional groups attached to an aromatic ring is 1. The third kappa shape index (κ3) is 2.41. The summed E-state index contributed by atoms with van der Waals surface area (Å²) in [6.07, 6.45) is 1.82. The molecule has 0 bridgehead atoms. The molecule has 0 spiro atoms. The molecular formula is C13H18N4. The van der Waals surface area contributed by atoms with Crippen LogP contribution in [0, 0.1) is 6.92 Å². The van der Waals surface area contributed by atoms with E-state index >= 15 is 0 Å². The van der Waals surface area contributed by atoms with Gasteiger partial charge in [0.2, 0.25) is 0 Å². The number of nitrogens with zero attached hydrogens (tertiary/aromatic N) is 3. The van der Waals surface area contributed by atoms with Gasteiger partial charge in [-0.25, -0.2) is 0 Å². The normalized spacial score (nSPS) is 10.5. The van der Waals surface area contributed by atoms with Crippen LogP contribution in [-0.2, 0) is 13.6 Å². The van der Waals surface area contributed by atoms with E-state index in [0.717, 1.165) is 12.4 Å². The van der Waals surface area contributed by atoms with E-state index in [1.807, 2.05) is 26.4 Å². The van der Waals surface area contributed by atoms with Gasteiger partial charge in [0.15, 0.2) is 5.82 Å². The van der Waals surface area contributed by atoms with Gasteiger partial charge in [-0.1, -0.05) is 24.3 Å². The van der Waals surface area contributed by atoms with Gasteiger partial charge < -0.3 is 10.6 Å². The number of aryl methyl sites for hydroxylation is 2. The molecule has 2 rings (SSSR count). The molecule has 1 aromatic carbocycles. The second-order valence-corrected chi connectivity index (χ2v) is 4.36. The maximum absolute atomic E-state index is 5.91. The van der Waals surface area contributed by atoms with Crippen molar-refractivity contribution in [3.63, 3.8) is 0 Å². The molecule has 0 amide bonds. The van der Waals surface area contributed by atoms with Gasteiger partial charge in [0.1, 0.15) is 0 Å². The van der Waals surface area contributed by atoms with Crippen molar-refractivity contribution in [2.24, 2.45) is 7.05 Å². The molecular weight excluding hydrogens is 212 g/mol. The highest BCUT2D eigenvalue weighted by molar-refractivity contribution is 5.61. The monoisotopic (exact) mass is 230 g/mol. The zero-order valence-corrected chi connectivity index (χ0v) is 10.5. The summed E-state index contributed by atoms with van der Waals surface area (Å²) >= 11 is 0. The topological polar surface area (TPSA) is 47.1 Å². The Balaban J connectivity index is 2.20. The Morgan fingerprint density at radius 3 is 2.65 bits per heavy atom. The number of nitrogens with two attached hydrogens (primary N) is 1. The molecule has 0 unspecified atom stereocenters. The van der Waals surface area contributed by atoms with E-state index in [9.17, 15) is 0 Å². The van der Waals surface area contributed by atoms with Crippen molar-refractivity contribution in [3.05, 3.63) is 41.6 Å². The van der Waals surface area contributed by atoms with Crippen LogP contribution in [0.1, 0.15) is 11.1 Å². The summed E-state index contributed by atoms with van der Waals surface area (Å²) in [5.74, 6) is 0.829. The standard InChI is InChI=1S/C13H18N4/c1-10-6-4-5-7-11(10)8-16(2)13-12(14)9-17(3)15-13/h4-7,9H,8,14H2,1-3H3. The van der Waals surface area contributed by atoms with Gasteiger partial charge in [-0.15, -0.1) is 0 Å². The maximum Gasteiger partial charge on any atom is 0.173 e. The van der Waals surface area contributed by atoms with Crippen LogP contribution in [0.3, 0.4) is 0 Å². The van der Waals surface area contributed by atoms with E-state index in [4.69, 9.17) is 5.73 Å². The molecule has 0 radical (unpaired) electrons. The first-order valence-corrected chi connectivity index (χ1v) is 5.62. The van der Waals surface area contributed by atoms with E-state index < -0.39 is 0 Å². The first-order chi connectivity index (χ1) is 8.08. The zero-order valence-electron chi connectivity index (χ0n) is 10.5. The molecule has 90 valence electrons. The minimum absolute atomic E-state index is 0.712. The summed E-state index contributed by atoms with van der Waals surface area (Å²) < 4.78 is 1.74. The van der Waals surface area contributed by atoms with E-state index in [2.05, 4.69) is 35.1 Å². The first kappa shape index (κ1) is 11.5. The van der Waals surface area contributed by atoms with Crippen LogP contribution in [0.25, 0.3) is 0 Å². The summed E-state index contributed by atoms with van der Waals surface area (Å²) in [4.78, 5) is 2.07. The average Bonchev–Trinajstić information content (AvgIpc) is 2.61. The highest BCUT2D eigenvalue weighted by Crippen LogP contribution is 2.21. The number of aromatic nitrogens is 2. The second-order valence-electron chi connectivity index (χ2n) is 4.36. The molecule has 0 aliphatic carbocycles. The summed E-state index contributed by atoms with van der Waals surface area (Å²) in [6, 6.07) is 8.35. The van der Waals surface area contributed by atoms with Crippen molar-refractivity contribution in [1.29, 1.82) is 0 Å². The van der Waals surface area contributed by atoms with Crippen molar-refractivity contribution < 1.29 is 0 Å². The van der Waals surface area contributed by atoms with E-state index in [-0.39, 0.29) is 0 Å². The Labute approximate surface area is 102 Å². The fourth-order valence-corrected chi connectivity index (χ4v) is 1.91. The van der Waals surface area contributed by atoms with Crippen molar-refractivity contribution in [2.45, 2.75) is 13.5 Å². The second kappa shape index (κ2) is 4.49. The maximum atomic E-state index is 5.91. The molecule has 1 aromatic heterocycles. The third-order valence-corrected chi connectivity index (χ3v) is 2.87. The number of anilines is 2. The zero-order chi connectivity index (χ0) is 12.4. The van der Waals surface area contributed by atoms with Crippen LogP contribution in [0.5, 0.6) is 0 Å². The largest absolute Gasteiger partial charge is 0.394 e. The Morgan fingerprint density at radius 2 is 2.06 bits per heavy atom. The van der Waals surface area contributed by atoms with Crippen LogP contribution in [0.4, 0.5) is 11.5 Å². The Morgan fingerprint density at radius 1 is 1.35 bits per heavy atom. The molecule has 0 saturated heterocycles. The molecule has 17 heavy (non-hydrogen) atoms. The molecule has 0 aliphatic rings. The van der Waals surface area contributed by atoms with Gasteiger partial charge in [-0.05, 0) is 18.1 Å². The van der Waals surface area contributed by atoms with Gasteiger partial charge >= 0.3 is 0 Å². The first-order valence-electron chi connectivity index (χ1n) is 5.62. The van der Waals surface area contributed by atoms with Crippen LogP contribution in [0.2, 0.25) is 0 Å². The molecule has 1 heterocycles. The fourth-order valence-electron chi connectivity index (χ4n) is 1.91. The average molecular weight is 230 g/mol. The highest BCUT2D eigenvalue weighted by atomic mass is 15.3. The molecule has 4 heteroatoms. The van der Waals surface area contributed by atoms with Gasteiger partial charge in [0.25, 0.3) is 0 Å². The van der Waals surface area contributed by atoms with Crippen LogP contribution >= 0.6 is 0 Å².